The first-order chi connectivity index (χ1) is 14.0. The molecule has 1 amide bonds. The molecule has 3 heterocycles. The van der Waals surface area contributed by atoms with Crippen molar-refractivity contribution in [3.05, 3.63) is 44.7 Å². The predicted molar refractivity (Wildman–Crippen MR) is 122 cm³/mol. The Kier molecular flexibility index (Phi) is 5.74. The van der Waals surface area contributed by atoms with Gasteiger partial charge in [0.25, 0.3) is 11.5 Å². The third-order valence-electron chi connectivity index (χ3n) is 5.42. The number of thiocarbonyl (C=S) groups is 1. The molecule has 0 bridgehead atoms. The van der Waals surface area contributed by atoms with Crippen LogP contribution in [0.1, 0.15) is 50.2 Å². The lowest BCUT2D eigenvalue weighted by molar-refractivity contribution is -0.121. The van der Waals surface area contributed by atoms with E-state index in [0.717, 1.165) is 18.4 Å². The third-order valence-corrected chi connectivity index (χ3v) is 6.79. The number of carbonyl (C=O) groups excluding carboxylic acids is 1. The molecule has 0 aromatic carbocycles. The number of aromatic nitrogens is 2. The fourth-order valence-electron chi connectivity index (χ4n) is 3.84. The number of hydrogen-bond donors (Lipinski definition) is 1. The number of thioether (sulfide) groups is 1. The molecule has 0 unspecified atom stereocenters. The highest BCUT2D eigenvalue weighted by molar-refractivity contribution is 8.26. The van der Waals surface area contributed by atoms with Gasteiger partial charge >= 0.3 is 0 Å². The van der Waals surface area contributed by atoms with Crippen molar-refractivity contribution in [3.8, 4) is 0 Å². The van der Waals surface area contributed by atoms with Gasteiger partial charge in [0.2, 0.25) is 0 Å². The van der Waals surface area contributed by atoms with E-state index < -0.39 is 0 Å². The average Bonchev–Trinajstić information content (AvgIpc) is 2.98. The zero-order chi connectivity index (χ0) is 20.5. The predicted octanol–water partition coefficient (Wildman–Crippen LogP) is 3.97. The van der Waals surface area contributed by atoms with Crippen molar-refractivity contribution in [1.29, 1.82) is 0 Å². The summed E-state index contributed by atoms with van der Waals surface area (Å²) in [6, 6.07) is 4.09. The Balaban J connectivity index is 1.83. The Hall–Kier alpha value is -2.19. The van der Waals surface area contributed by atoms with Gasteiger partial charge in [-0.15, -0.1) is 0 Å². The van der Waals surface area contributed by atoms with Gasteiger partial charge in [0, 0.05) is 18.8 Å². The van der Waals surface area contributed by atoms with Crippen LogP contribution in [0.25, 0.3) is 11.7 Å². The summed E-state index contributed by atoms with van der Waals surface area (Å²) >= 11 is 6.55. The second kappa shape index (κ2) is 8.28. The lowest BCUT2D eigenvalue weighted by atomic mass is 9.95. The minimum Gasteiger partial charge on any atom is -0.367 e. The summed E-state index contributed by atoms with van der Waals surface area (Å²) < 4.78 is 2.07. The van der Waals surface area contributed by atoms with Gasteiger partial charge in [-0.25, -0.2) is 4.98 Å². The van der Waals surface area contributed by atoms with Crippen LogP contribution >= 0.6 is 24.0 Å². The molecule has 8 heteroatoms. The topological polar surface area (TPSA) is 66.7 Å². The minimum atomic E-state index is -0.182. The van der Waals surface area contributed by atoms with Crippen LogP contribution in [0.2, 0.25) is 0 Å². The fraction of sp³-hybridized carbons (Fsp3) is 0.429. The van der Waals surface area contributed by atoms with E-state index in [9.17, 15) is 9.59 Å². The largest absolute Gasteiger partial charge is 0.367 e. The van der Waals surface area contributed by atoms with E-state index in [1.807, 2.05) is 26.0 Å². The molecule has 2 aromatic rings. The zero-order valence-electron chi connectivity index (χ0n) is 16.6. The Labute approximate surface area is 179 Å². The van der Waals surface area contributed by atoms with Gasteiger partial charge in [0.1, 0.15) is 15.8 Å². The van der Waals surface area contributed by atoms with Crippen LogP contribution in [-0.2, 0) is 4.79 Å². The molecule has 0 atom stereocenters. The van der Waals surface area contributed by atoms with Crippen molar-refractivity contribution in [1.82, 2.24) is 14.3 Å². The SMILES string of the molecule is CCN1C(=O)C(=Cc2c(NC3CCCCC3)nc3ccc(C)cn3c2=O)SC1=S. The van der Waals surface area contributed by atoms with Gasteiger partial charge in [-0.05, 0) is 44.4 Å². The van der Waals surface area contributed by atoms with Crippen LogP contribution in [-0.4, -0.2) is 37.1 Å². The van der Waals surface area contributed by atoms with Crippen LogP contribution in [0.5, 0.6) is 0 Å². The van der Waals surface area contributed by atoms with E-state index in [1.54, 1.807) is 21.6 Å². The molecular weight excluding hydrogens is 404 g/mol. The number of anilines is 1. The Morgan fingerprint density at radius 3 is 2.72 bits per heavy atom. The Morgan fingerprint density at radius 1 is 1.28 bits per heavy atom. The minimum absolute atomic E-state index is 0.153. The summed E-state index contributed by atoms with van der Waals surface area (Å²) in [4.78, 5) is 32.8. The molecule has 1 saturated carbocycles. The smallest absolute Gasteiger partial charge is 0.267 e. The summed E-state index contributed by atoms with van der Waals surface area (Å²) in [6.07, 6.45) is 9.16. The van der Waals surface area contributed by atoms with Gasteiger partial charge < -0.3 is 5.32 Å². The fourth-order valence-corrected chi connectivity index (χ4v) is 5.21. The molecule has 152 valence electrons. The molecule has 1 aliphatic heterocycles. The second-order valence-corrected chi connectivity index (χ2v) is 9.19. The van der Waals surface area contributed by atoms with E-state index in [1.165, 1.54) is 31.0 Å². The van der Waals surface area contributed by atoms with Crippen molar-refractivity contribution in [2.45, 2.75) is 52.0 Å². The maximum Gasteiger partial charge on any atom is 0.267 e. The van der Waals surface area contributed by atoms with E-state index in [0.29, 0.717) is 38.8 Å². The second-order valence-electron chi connectivity index (χ2n) is 7.52. The maximum atomic E-state index is 13.3. The molecule has 1 N–H and O–H groups in total. The molecule has 6 nitrogen and oxygen atoms in total. The number of likely N-dealkylation sites (N-methyl/N-ethyl adjacent to an activating group) is 1. The normalized spacial score (nSPS) is 19.5. The standard InChI is InChI=1S/C21H24N4O2S2/c1-3-24-20(27)16(29-21(24)28)11-15-18(22-14-7-5-4-6-8-14)23-17-10-9-13(2)12-25(17)19(15)26/h9-12,14,22H,3-8H2,1-2H3. The molecule has 2 aromatic heterocycles. The number of aryl methyl sites for hydroxylation is 1. The molecular formula is C21H24N4O2S2. The van der Waals surface area contributed by atoms with Crippen molar-refractivity contribution >= 4 is 51.7 Å². The summed E-state index contributed by atoms with van der Waals surface area (Å²) in [7, 11) is 0. The number of fused-ring (bicyclic) bond motifs is 1. The zero-order valence-corrected chi connectivity index (χ0v) is 18.2. The number of hydrogen-bond acceptors (Lipinski definition) is 6. The first-order valence-electron chi connectivity index (χ1n) is 10.0. The van der Waals surface area contributed by atoms with Crippen LogP contribution in [0, 0.1) is 6.92 Å². The number of nitrogens with zero attached hydrogens (tertiary/aromatic N) is 3. The number of rotatable bonds is 4. The molecule has 4 rings (SSSR count). The molecule has 0 radical (unpaired) electrons. The first-order valence-corrected chi connectivity index (χ1v) is 11.3. The van der Waals surface area contributed by atoms with Crippen molar-refractivity contribution < 1.29 is 4.79 Å². The highest BCUT2D eigenvalue weighted by Crippen LogP contribution is 2.33. The Bertz CT molecular complexity index is 1070. The summed E-state index contributed by atoms with van der Waals surface area (Å²) in [5.41, 5.74) is 1.80. The number of amides is 1. The van der Waals surface area contributed by atoms with Crippen molar-refractivity contribution in [3.63, 3.8) is 0 Å². The lowest BCUT2D eigenvalue weighted by Gasteiger charge is -2.24. The summed E-state index contributed by atoms with van der Waals surface area (Å²) in [5.74, 6) is 0.396. The average molecular weight is 429 g/mol. The van der Waals surface area contributed by atoms with Crippen LogP contribution in [0.3, 0.4) is 0 Å². The number of carbonyl (C=O) groups is 1. The molecule has 29 heavy (non-hydrogen) atoms. The monoisotopic (exact) mass is 428 g/mol. The van der Waals surface area contributed by atoms with Crippen LogP contribution in [0.15, 0.2) is 28.0 Å². The van der Waals surface area contributed by atoms with Crippen molar-refractivity contribution in [2.24, 2.45) is 0 Å². The van der Waals surface area contributed by atoms with E-state index in [-0.39, 0.29) is 11.5 Å². The molecule has 2 fully saturated rings. The molecule has 2 aliphatic rings. The van der Waals surface area contributed by atoms with E-state index in [4.69, 9.17) is 17.2 Å². The first kappa shape index (κ1) is 20.1. The van der Waals surface area contributed by atoms with E-state index in [2.05, 4.69) is 5.32 Å². The van der Waals surface area contributed by atoms with Crippen LogP contribution in [0.4, 0.5) is 5.82 Å². The Morgan fingerprint density at radius 2 is 2.03 bits per heavy atom. The highest BCUT2D eigenvalue weighted by Gasteiger charge is 2.31. The highest BCUT2D eigenvalue weighted by atomic mass is 32.2. The van der Waals surface area contributed by atoms with Gasteiger partial charge in [0.05, 0.1) is 10.5 Å². The van der Waals surface area contributed by atoms with Gasteiger partial charge in [-0.2, -0.15) is 0 Å². The quantitative estimate of drug-likeness (QED) is 0.587. The van der Waals surface area contributed by atoms with Gasteiger partial charge in [-0.1, -0.05) is 49.3 Å². The van der Waals surface area contributed by atoms with Crippen molar-refractivity contribution in [2.75, 3.05) is 11.9 Å². The van der Waals surface area contributed by atoms with Gasteiger partial charge in [0.15, 0.2) is 0 Å². The number of pyridine rings is 1. The maximum absolute atomic E-state index is 13.3. The molecule has 1 aliphatic carbocycles. The van der Waals surface area contributed by atoms with Gasteiger partial charge in [-0.3, -0.25) is 18.9 Å². The molecule has 0 spiro atoms. The summed E-state index contributed by atoms with van der Waals surface area (Å²) in [5, 5.41) is 3.49. The summed E-state index contributed by atoms with van der Waals surface area (Å²) in [6.45, 7) is 4.34. The van der Waals surface area contributed by atoms with Crippen LogP contribution < -0.4 is 10.9 Å². The lowest BCUT2D eigenvalue weighted by Crippen LogP contribution is -2.28. The third kappa shape index (κ3) is 3.96. The van der Waals surface area contributed by atoms with E-state index >= 15 is 0 Å². The molecule has 1 saturated heterocycles. The number of nitrogens with one attached hydrogen (secondary N) is 1.